The Morgan fingerprint density at radius 3 is 2.46 bits per heavy atom. The van der Waals surface area contributed by atoms with Crippen molar-refractivity contribution in [1.82, 2.24) is 9.21 Å². The zero-order valence-corrected chi connectivity index (χ0v) is 16.9. The molecular weight excluding hydrogens is 376 g/mol. The lowest BCUT2D eigenvalue weighted by Crippen LogP contribution is -2.73. The third-order valence-corrected chi connectivity index (χ3v) is 7.48. The number of hydrogen-bond donors (Lipinski definition) is 1. The Morgan fingerprint density at radius 2 is 1.86 bits per heavy atom. The maximum Gasteiger partial charge on any atom is 0.238 e. The molecule has 2 aliphatic heterocycles. The van der Waals surface area contributed by atoms with E-state index in [9.17, 15) is 18.3 Å². The van der Waals surface area contributed by atoms with E-state index in [4.69, 9.17) is 0 Å². The molecule has 3 aliphatic rings. The lowest BCUT2D eigenvalue weighted by Gasteiger charge is -2.58. The van der Waals surface area contributed by atoms with Gasteiger partial charge < -0.3 is 10.0 Å². The average Bonchev–Trinajstić information content (AvgIpc) is 3.15. The second-order valence-corrected chi connectivity index (χ2v) is 10.1. The van der Waals surface area contributed by atoms with E-state index in [1.807, 2.05) is 24.3 Å². The number of rotatable bonds is 3. The molecule has 1 aromatic carbocycles. The minimum absolute atomic E-state index is 0.0738. The minimum Gasteiger partial charge on any atom is -0.394 e. The van der Waals surface area contributed by atoms with Crippen molar-refractivity contribution in [3.8, 4) is 11.8 Å². The molecule has 0 spiro atoms. The van der Waals surface area contributed by atoms with E-state index in [0.29, 0.717) is 5.92 Å². The number of sulfonamides is 1. The van der Waals surface area contributed by atoms with Crippen LogP contribution >= 0.6 is 0 Å². The number of fused-ring (bicyclic) bond motifs is 1. The summed E-state index contributed by atoms with van der Waals surface area (Å²) in [5, 5.41) is 9.81. The van der Waals surface area contributed by atoms with Gasteiger partial charge in [-0.15, -0.1) is 0 Å². The number of carbonyl (C=O) groups excluding carboxylic acids is 1. The van der Waals surface area contributed by atoms with Crippen molar-refractivity contribution in [1.29, 1.82) is 0 Å². The number of piperazine rings is 1. The number of amides is 1. The van der Waals surface area contributed by atoms with Gasteiger partial charge >= 0.3 is 0 Å². The molecule has 0 radical (unpaired) electrons. The molecule has 0 bridgehead atoms. The van der Waals surface area contributed by atoms with Crippen LogP contribution in [0.1, 0.15) is 42.7 Å². The van der Waals surface area contributed by atoms with Crippen molar-refractivity contribution in [2.45, 2.75) is 43.7 Å². The summed E-state index contributed by atoms with van der Waals surface area (Å²) in [7, 11) is -3.43. The molecule has 0 unspecified atom stereocenters. The SMILES string of the molecule is CS(=O)(=O)N1CC(=O)N2[C@@H](CO)[C@H](c3ccc(C#CC4CCCC4)cc3)[C@@H]2C1. The second-order valence-electron chi connectivity index (χ2n) is 8.07. The van der Waals surface area contributed by atoms with Crippen molar-refractivity contribution in [2.24, 2.45) is 5.92 Å². The molecule has 28 heavy (non-hydrogen) atoms. The molecule has 1 N–H and O–H groups in total. The van der Waals surface area contributed by atoms with Crippen molar-refractivity contribution >= 4 is 15.9 Å². The fourth-order valence-corrected chi connectivity index (χ4v) is 5.54. The summed E-state index contributed by atoms with van der Waals surface area (Å²) in [5.74, 6) is 6.80. The number of hydrogen-bond acceptors (Lipinski definition) is 4. The van der Waals surface area contributed by atoms with Gasteiger partial charge in [-0.2, -0.15) is 4.31 Å². The summed E-state index contributed by atoms with van der Waals surface area (Å²) >= 11 is 0. The number of benzene rings is 1. The van der Waals surface area contributed by atoms with E-state index in [-0.39, 0.29) is 43.6 Å². The summed E-state index contributed by atoms with van der Waals surface area (Å²) in [4.78, 5) is 14.1. The lowest BCUT2D eigenvalue weighted by atomic mass is 9.74. The molecule has 2 heterocycles. The molecule has 1 aliphatic carbocycles. The predicted molar refractivity (Wildman–Crippen MR) is 106 cm³/mol. The van der Waals surface area contributed by atoms with Gasteiger partial charge in [-0.05, 0) is 30.5 Å². The van der Waals surface area contributed by atoms with Crippen LogP contribution in [0.5, 0.6) is 0 Å². The van der Waals surface area contributed by atoms with E-state index in [0.717, 1.165) is 17.4 Å². The Balaban J connectivity index is 1.53. The molecule has 150 valence electrons. The molecule has 3 fully saturated rings. The fourth-order valence-electron chi connectivity index (χ4n) is 4.77. The smallest absolute Gasteiger partial charge is 0.238 e. The largest absolute Gasteiger partial charge is 0.394 e. The molecule has 2 saturated heterocycles. The van der Waals surface area contributed by atoms with Gasteiger partial charge in [0.05, 0.1) is 31.5 Å². The molecule has 1 aromatic rings. The zero-order valence-electron chi connectivity index (χ0n) is 16.0. The number of nitrogens with zero attached hydrogens (tertiary/aromatic N) is 2. The second kappa shape index (κ2) is 7.51. The number of aliphatic hydroxyl groups excluding tert-OH is 1. The first-order valence-corrected chi connectivity index (χ1v) is 11.7. The number of carbonyl (C=O) groups is 1. The number of aliphatic hydroxyl groups is 1. The van der Waals surface area contributed by atoms with Crippen molar-refractivity contribution in [3.63, 3.8) is 0 Å². The van der Waals surface area contributed by atoms with E-state index >= 15 is 0 Å². The van der Waals surface area contributed by atoms with Gasteiger partial charge in [-0.1, -0.05) is 36.8 Å². The highest BCUT2D eigenvalue weighted by molar-refractivity contribution is 7.88. The minimum atomic E-state index is -3.43. The van der Waals surface area contributed by atoms with Gasteiger partial charge in [-0.3, -0.25) is 4.79 Å². The normalized spacial score (nSPS) is 28.4. The third kappa shape index (κ3) is 3.57. The average molecular weight is 403 g/mol. The van der Waals surface area contributed by atoms with E-state index < -0.39 is 10.0 Å². The van der Waals surface area contributed by atoms with Crippen LogP contribution in [0.25, 0.3) is 0 Å². The molecule has 1 amide bonds. The van der Waals surface area contributed by atoms with Gasteiger partial charge in [0.15, 0.2) is 0 Å². The van der Waals surface area contributed by atoms with Crippen molar-refractivity contribution in [3.05, 3.63) is 35.4 Å². The van der Waals surface area contributed by atoms with Crippen LogP contribution < -0.4 is 0 Å². The lowest BCUT2D eigenvalue weighted by molar-refractivity contribution is -0.158. The standard InChI is InChI=1S/C21H26N2O4S/c1-28(26,27)22-12-18-21(19(14-24)23(18)20(25)13-22)17-10-8-16(9-11-17)7-6-15-4-2-3-5-15/h8-11,15,18-19,21,24H,2-5,12-14H2,1H3/t18-,19-,21+/m0/s1. The van der Waals surface area contributed by atoms with E-state index in [1.54, 1.807) is 4.90 Å². The van der Waals surface area contributed by atoms with E-state index in [2.05, 4.69) is 11.8 Å². The first kappa shape index (κ1) is 19.4. The molecule has 1 saturated carbocycles. The van der Waals surface area contributed by atoms with Crippen LogP contribution in [0, 0.1) is 17.8 Å². The molecule has 6 nitrogen and oxygen atoms in total. The maximum atomic E-state index is 12.4. The van der Waals surface area contributed by atoms with Crippen LogP contribution in [0.3, 0.4) is 0 Å². The quantitative estimate of drug-likeness (QED) is 0.770. The summed E-state index contributed by atoms with van der Waals surface area (Å²) in [5.41, 5.74) is 1.97. The summed E-state index contributed by atoms with van der Waals surface area (Å²) < 4.78 is 25.1. The Labute approximate surface area is 166 Å². The fraction of sp³-hybridized carbons (Fsp3) is 0.571. The zero-order chi connectivity index (χ0) is 19.9. The van der Waals surface area contributed by atoms with Gasteiger partial charge in [-0.25, -0.2) is 8.42 Å². The van der Waals surface area contributed by atoms with E-state index in [1.165, 1.54) is 30.0 Å². The monoisotopic (exact) mass is 402 g/mol. The van der Waals surface area contributed by atoms with Crippen molar-refractivity contribution < 1.29 is 18.3 Å². The molecule has 7 heteroatoms. The van der Waals surface area contributed by atoms with Crippen LogP contribution in [0.15, 0.2) is 24.3 Å². The van der Waals surface area contributed by atoms with Crippen molar-refractivity contribution in [2.75, 3.05) is 26.0 Å². The Bertz CT molecular complexity index is 910. The molecule has 4 rings (SSSR count). The first-order valence-electron chi connectivity index (χ1n) is 9.87. The Kier molecular flexibility index (Phi) is 5.21. The van der Waals surface area contributed by atoms with Gasteiger partial charge in [0.1, 0.15) is 0 Å². The third-order valence-electron chi connectivity index (χ3n) is 6.26. The van der Waals surface area contributed by atoms with Crippen LogP contribution in [-0.2, 0) is 14.8 Å². The van der Waals surface area contributed by atoms with Gasteiger partial charge in [0.25, 0.3) is 0 Å². The summed E-state index contributed by atoms with van der Waals surface area (Å²) in [6.45, 7) is -0.00174. The Hall–Kier alpha value is -1.88. The first-order chi connectivity index (χ1) is 13.4. The highest BCUT2D eigenvalue weighted by Gasteiger charge is 2.54. The molecule has 0 aromatic heterocycles. The predicted octanol–water partition coefficient (Wildman–Crippen LogP) is 1.16. The highest BCUT2D eigenvalue weighted by atomic mass is 32.2. The summed E-state index contributed by atoms with van der Waals surface area (Å²) in [6, 6.07) is 7.42. The Morgan fingerprint density at radius 1 is 1.18 bits per heavy atom. The molecule has 3 atom stereocenters. The van der Waals surface area contributed by atoms with Crippen LogP contribution in [0.4, 0.5) is 0 Å². The topological polar surface area (TPSA) is 77.9 Å². The maximum absolute atomic E-state index is 12.4. The van der Waals surface area contributed by atoms with Gasteiger partial charge in [0.2, 0.25) is 15.9 Å². The molecular formula is C21H26N2O4S. The van der Waals surface area contributed by atoms with Gasteiger partial charge in [0, 0.05) is 23.9 Å². The van der Waals surface area contributed by atoms with Crippen LogP contribution in [-0.4, -0.2) is 66.7 Å². The van der Waals surface area contributed by atoms with Crippen LogP contribution in [0.2, 0.25) is 0 Å². The summed E-state index contributed by atoms with van der Waals surface area (Å²) in [6.07, 6.45) is 6.04. The highest BCUT2D eigenvalue weighted by Crippen LogP contribution is 2.43.